The van der Waals surface area contributed by atoms with Gasteiger partial charge in [-0.1, -0.05) is 18.2 Å². The highest BCUT2D eigenvalue weighted by atomic mass is 16.5. The highest BCUT2D eigenvalue weighted by Gasteiger charge is 2.34. The maximum Gasteiger partial charge on any atom is 0.319 e. The third-order valence-corrected chi connectivity index (χ3v) is 4.02. The van der Waals surface area contributed by atoms with Crippen LogP contribution < -0.4 is 20.1 Å². The first kappa shape index (κ1) is 16.2. The molecule has 0 aromatic heterocycles. The van der Waals surface area contributed by atoms with Crippen LogP contribution in [-0.2, 0) is 0 Å². The number of carbonyl (C=O) groups is 1. The van der Waals surface area contributed by atoms with E-state index in [9.17, 15) is 4.79 Å². The summed E-state index contributed by atoms with van der Waals surface area (Å²) < 4.78 is 11.3. The predicted molar refractivity (Wildman–Crippen MR) is 93.7 cm³/mol. The van der Waals surface area contributed by atoms with E-state index in [1.54, 1.807) is 7.11 Å². The van der Waals surface area contributed by atoms with Crippen molar-refractivity contribution < 1.29 is 14.3 Å². The molecule has 0 saturated carbocycles. The fourth-order valence-electron chi connectivity index (χ4n) is 2.93. The molecule has 0 saturated heterocycles. The Morgan fingerprint density at radius 1 is 1.21 bits per heavy atom. The third kappa shape index (κ3) is 3.62. The number of hydrogen-bond donors (Lipinski definition) is 2. The van der Waals surface area contributed by atoms with Crippen LogP contribution in [0.15, 0.2) is 48.5 Å². The minimum atomic E-state index is -0.371. The van der Waals surface area contributed by atoms with E-state index in [1.165, 1.54) is 0 Å². The van der Waals surface area contributed by atoms with Crippen LogP contribution in [0.2, 0.25) is 0 Å². The highest BCUT2D eigenvalue weighted by Crippen LogP contribution is 2.41. The molecule has 0 aliphatic carbocycles. The molecular formula is C19H22N2O3. The van der Waals surface area contributed by atoms with Gasteiger partial charge in [-0.2, -0.15) is 0 Å². The molecule has 2 aromatic rings. The van der Waals surface area contributed by atoms with E-state index in [0.717, 1.165) is 22.7 Å². The topological polar surface area (TPSA) is 59.6 Å². The third-order valence-electron chi connectivity index (χ3n) is 4.02. The fraction of sp³-hybridized carbons (Fsp3) is 0.316. The largest absolute Gasteiger partial charge is 0.497 e. The molecule has 2 amide bonds. The maximum atomic E-state index is 12.3. The Morgan fingerprint density at radius 3 is 2.67 bits per heavy atom. The van der Waals surface area contributed by atoms with Crippen molar-refractivity contribution in [2.45, 2.75) is 31.9 Å². The Kier molecular flexibility index (Phi) is 4.34. The summed E-state index contributed by atoms with van der Waals surface area (Å²) in [5.74, 6) is 1.48. The van der Waals surface area contributed by atoms with Crippen molar-refractivity contribution in [3.63, 3.8) is 0 Å². The Labute approximate surface area is 142 Å². The zero-order chi connectivity index (χ0) is 17.2. The van der Waals surface area contributed by atoms with Crippen LogP contribution in [0.3, 0.4) is 0 Å². The van der Waals surface area contributed by atoms with Gasteiger partial charge in [0.2, 0.25) is 0 Å². The molecule has 0 bridgehead atoms. The van der Waals surface area contributed by atoms with Crippen LogP contribution in [0.25, 0.3) is 0 Å². The molecule has 1 aliphatic heterocycles. The van der Waals surface area contributed by atoms with E-state index in [4.69, 9.17) is 9.47 Å². The van der Waals surface area contributed by atoms with Crippen LogP contribution in [-0.4, -0.2) is 18.7 Å². The number of para-hydroxylation sites is 1. The van der Waals surface area contributed by atoms with Crippen molar-refractivity contribution in [1.82, 2.24) is 5.32 Å². The van der Waals surface area contributed by atoms with Crippen LogP contribution in [0.1, 0.15) is 31.9 Å². The molecule has 0 fully saturated rings. The lowest BCUT2D eigenvalue weighted by Gasteiger charge is -2.38. The van der Waals surface area contributed by atoms with Gasteiger partial charge in [0, 0.05) is 23.7 Å². The summed E-state index contributed by atoms with van der Waals surface area (Å²) in [5, 5.41) is 5.90. The summed E-state index contributed by atoms with van der Waals surface area (Å²) in [6.07, 6.45) is 0.689. The average molecular weight is 326 g/mol. The Balaban J connectivity index is 1.79. The van der Waals surface area contributed by atoms with Crippen molar-refractivity contribution in [1.29, 1.82) is 0 Å². The van der Waals surface area contributed by atoms with Gasteiger partial charge in [0.15, 0.2) is 0 Å². The summed E-state index contributed by atoms with van der Waals surface area (Å²) in [5.41, 5.74) is 1.35. The maximum absolute atomic E-state index is 12.3. The number of rotatable bonds is 3. The number of amides is 2. The summed E-state index contributed by atoms with van der Waals surface area (Å²) in [6, 6.07) is 14.7. The molecule has 0 radical (unpaired) electrons. The number of methoxy groups -OCH3 is 1. The summed E-state index contributed by atoms with van der Waals surface area (Å²) in [4.78, 5) is 12.3. The van der Waals surface area contributed by atoms with Gasteiger partial charge in [-0.3, -0.25) is 0 Å². The van der Waals surface area contributed by atoms with Crippen LogP contribution in [0.4, 0.5) is 10.5 Å². The van der Waals surface area contributed by atoms with Crippen LogP contribution >= 0.6 is 0 Å². The van der Waals surface area contributed by atoms with E-state index in [0.29, 0.717) is 6.42 Å². The number of carbonyl (C=O) groups excluding carboxylic acids is 1. The summed E-state index contributed by atoms with van der Waals surface area (Å²) in [6.45, 7) is 4.03. The fourth-order valence-corrected chi connectivity index (χ4v) is 2.93. The zero-order valence-corrected chi connectivity index (χ0v) is 14.1. The smallest absolute Gasteiger partial charge is 0.319 e. The monoisotopic (exact) mass is 326 g/mol. The van der Waals surface area contributed by atoms with Gasteiger partial charge in [0.25, 0.3) is 0 Å². The zero-order valence-electron chi connectivity index (χ0n) is 14.1. The lowest BCUT2D eigenvalue weighted by Crippen LogP contribution is -2.42. The molecule has 1 heterocycles. The van der Waals surface area contributed by atoms with Crippen molar-refractivity contribution in [2.75, 3.05) is 12.4 Å². The second-order valence-corrected chi connectivity index (χ2v) is 6.49. The lowest BCUT2D eigenvalue weighted by atomic mass is 9.89. The molecular weight excluding hydrogens is 304 g/mol. The highest BCUT2D eigenvalue weighted by molar-refractivity contribution is 5.89. The minimum Gasteiger partial charge on any atom is -0.497 e. The van der Waals surface area contributed by atoms with Gasteiger partial charge in [-0.05, 0) is 38.1 Å². The first-order valence-electron chi connectivity index (χ1n) is 7.96. The molecule has 1 atom stereocenters. The molecule has 1 aliphatic rings. The number of hydrogen-bond acceptors (Lipinski definition) is 3. The average Bonchev–Trinajstić information content (AvgIpc) is 2.54. The molecule has 126 valence electrons. The van der Waals surface area contributed by atoms with Crippen molar-refractivity contribution in [3.8, 4) is 11.5 Å². The normalized spacial score (nSPS) is 18.0. The Bertz CT molecular complexity index is 729. The van der Waals surface area contributed by atoms with Gasteiger partial charge >= 0.3 is 6.03 Å². The van der Waals surface area contributed by atoms with Gasteiger partial charge in [-0.25, -0.2) is 4.79 Å². The lowest BCUT2D eigenvalue weighted by molar-refractivity contribution is 0.0679. The molecule has 3 rings (SSSR count). The Hall–Kier alpha value is -2.69. The van der Waals surface area contributed by atoms with E-state index >= 15 is 0 Å². The molecule has 5 heteroatoms. The number of urea groups is 1. The summed E-state index contributed by atoms with van der Waals surface area (Å²) >= 11 is 0. The van der Waals surface area contributed by atoms with E-state index < -0.39 is 0 Å². The van der Waals surface area contributed by atoms with Gasteiger partial charge in [0.1, 0.15) is 17.1 Å². The first-order chi connectivity index (χ1) is 11.5. The SMILES string of the molecule is COc1ccc2c(c1)OC(C)(C)C[C@@H]2NC(=O)Nc1ccccc1. The standard InChI is InChI=1S/C19H22N2O3/c1-19(2)12-16(15-10-9-14(23-3)11-17(15)24-19)21-18(22)20-13-7-5-4-6-8-13/h4-11,16H,12H2,1-3H3,(H2,20,21,22)/t16-/m0/s1. The second-order valence-electron chi connectivity index (χ2n) is 6.49. The molecule has 5 nitrogen and oxygen atoms in total. The molecule has 0 spiro atoms. The van der Waals surface area contributed by atoms with Gasteiger partial charge in [0.05, 0.1) is 13.2 Å². The molecule has 2 aromatic carbocycles. The van der Waals surface area contributed by atoms with E-state index in [1.807, 2.05) is 62.4 Å². The van der Waals surface area contributed by atoms with Crippen molar-refractivity contribution in [3.05, 3.63) is 54.1 Å². The number of ether oxygens (including phenoxy) is 2. The number of benzene rings is 2. The van der Waals surface area contributed by atoms with E-state index in [2.05, 4.69) is 10.6 Å². The van der Waals surface area contributed by atoms with Crippen molar-refractivity contribution >= 4 is 11.7 Å². The van der Waals surface area contributed by atoms with E-state index in [-0.39, 0.29) is 17.7 Å². The molecule has 2 N–H and O–H groups in total. The van der Waals surface area contributed by atoms with Crippen molar-refractivity contribution in [2.24, 2.45) is 0 Å². The minimum absolute atomic E-state index is 0.127. The first-order valence-corrected chi connectivity index (χ1v) is 7.96. The van der Waals surface area contributed by atoms with Gasteiger partial charge in [-0.15, -0.1) is 0 Å². The van der Waals surface area contributed by atoms with Crippen LogP contribution in [0.5, 0.6) is 11.5 Å². The summed E-state index contributed by atoms with van der Waals surface area (Å²) in [7, 11) is 1.62. The quantitative estimate of drug-likeness (QED) is 0.892. The predicted octanol–water partition coefficient (Wildman–Crippen LogP) is 4.12. The molecule has 0 unspecified atom stereocenters. The number of fused-ring (bicyclic) bond motifs is 1. The Morgan fingerprint density at radius 2 is 1.96 bits per heavy atom. The van der Waals surface area contributed by atoms with Crippen LogP contribution in [0, 0.1) is 0 Å². The van der Waals surface area contributed by atoms with Gasteiger partial charge < -0.3 is 20.1 Å². The molecule has 24 heavy (non-hydrogen) atoms. The number of anilines is 1. The number of nitrogens with one attached hydrogen (secondary N) is 2. The second kappa shape index (κ2) is 6.43.